The minimum absolute atomic E-state index is 0.675. The van der Waals surface area contributed by atoms with Crippen molar-refractivity contribution in [1.82, 2.24) is 10.2 Å². The van der Waals surface area contributed by atoms with Gasteiger partial charge in [-0.1, -0.05) is 43.2 Å². The fourth-order valence-electron chi connectivity index (χ4n) is 3.17. The average Bonchev–Trinajstić information content (AvgIpc) is 2.38. The van der Waals surface area contributed by atoms with Crippen molar-refractivity contribution in [3.05, 3.63) is 35.4 Å². The van der Waals surface area contributed by atoms with E-state index in [4.69, 9.17) is 0 Å². The van der Waals surface area contributed by atoms with Crippen LogP contribution in [0.3, 0.4) is 0 Å². The van der Waals surface area contributed by atoms with Crippen LogP contribution in [0.2, 0.25) is 0 Å². The van der Waals surface area contributed by atoms with Gasteiger partial charge in [-0.25, -0.2) is 0 Å². The van der Waals surface area contributed by atoms with Gasteiger partial charge < -0.3 is 10.2 Å². The summed E-state index contributed by atoms with van der Waals surface area (Å²) in [4.78, 5) is 2.45. The second kappa shape index (κ2) is 7.06. The summed E-state index contributed by atoms with van der Waals surface area (Å²) in [5.41, 5.74) is 2.78. The fraction of sp³-hybridized carbons (Fsp3) is 0.647. The van der Waals surface area contributed by atoms with Gasteiger partial charge in [0.25, 0.3) is 0 Å². The van der Waals surface area contributed by atoms with E-state index in [1.165, 1.54) is 36.9 Å². The van der Waals surface area contributed by atoms with Crippen LogP contribution in [0.25, 0.3) is 0 Å². The second-order valence-corrected chi connectivity index (χ2v) is 6.14. The molecule has 2 nitrogen and oxygen atoms in total. The molecular weight excluding hydrogens is 232 g/mol. The van der Waals surface area contributed by atoms with E-state index in [9.17, 15) is 0 Å². The van der Waals surface area contributed by atoms with Gasteiger partial charge in [0.1, 0.15) is 0 Å². The summed E-state index contributed by atoms with van der Waals surface area (Å²) >= 11 is 0. The molecule has 1 aliphatic heterocycles. The molecule has 2 unspecified atom stereocenters. The Balaban J connectivity index is 1.82. The van der Waals surface area contributed by atoms with Crippen LogP contribution >= 0.6 is 0 Å². The molecule has 0 aliphatic carbocycles. The summed E-state index contributed by atoms with van der Waals surface area (Å²) in [5, 5.41) is 3.67. The molecule has 2 heteroatoms. The van der Waals surface area contributed by atoms with Crippen LogP contribution < -0.4 is 5.32 Å². The monoisotopic (exact) mass is 260 g/mol. The van der Waals surface area contributed by atoms with Crippen molar-refractivity contribution in [2.45, 2.75) is 45.7 Å². The molecule has 106 valence electrons. The van der Waals surface area contributed by atoms with Gasteiger partial charge in [-0.2, -0.15) is 0 Å². The number of rotatable bonds is 5. The topological polar surface area (TPSA) is 15.3 Å². The Morgan fingerprint density at radius 3 is 2.95 bits per heavy atom. The molecule has 0 spiro atoms. The first-order chi connectivity index (χ1) is 9.17. The summed E-state index contributed by atoms with van der Waals surface area (Å²) in [6.45, 7) is 7.89. The largest absolute Gasteiger partial charge is 0.313 e. The van der Waals surface area contributed by atoms with Crippen molar-refractivity contribution in [2.24, 2.45) is 5.92 Å². The predicted molar refractivity (Wildman–Crippen MR) is 82.3 cm³/mol. The van der Waals surface area contributed by atoms with Crippen LogP contribution in [0.4, 0.5) is 0 Å². The Bertz CT molecular complexity index is 389. The Morgan fingerprint density at radius 1 is 1.37 bits per heavy atom. The highest BCUT2D eigenvalue weighted by molar-refractivity contribution is 5.22. The third kappa shape index (κ3) is 4.63. The van der Waals surface area contributed by atoms with Crippen LogP contribution in [0.1, 0.15) is 37.3 Å². The minimum Gasteiger partial charge on any atom is -0.313 e. The maximum Gasteiger partial charge on any atom is 0.0231 e. The number of nitrogens with one attached hydrogen (secondary N) is 1. The van der Waals surface area contributed by atoms with E-state index >= 15 is 0 Å². The Labute approximate surface area is 118 Å². The van der Waals surface area contributed by atoms with Gasteiger partial charge in [-0.05, 0) is 44.8 Å². The maximum atomic E-state index is 3.67. The highest BCUT2D eigenvalue weighted by Crippen LogP contribution is 2.20. The smallest absolute Gasteiger partial charge is 0.0231 e. The SMILES string of the molecule is CCC1CCNC(CN(C)Cc2cccc(C)c2)C1. The molecule has 1 aliphatic rings. The second-order valence-electron chi connectivity index (χ2n) is 6.14. The Kier molecular flexibility index (Phi) is 5.41. The molecule has 1 heterocycles. The Hall–Kier alpha value is -0.860. The molecule has 0 saturated carbocycles. The maximum absolute atomic E-state index is 3.67. The highest BCUT2D eigenvalue weighted by atomic mass is 15.1. The lowest BCUT2D eigenvalue weighted by Gasteiger charge is -2.32. The van der Waals surface area contributed by atoms with E-state index in [2.05, 4.69) is 55.4 Å². The normalized spacial score (nSPS) is 23.8. The zero-order chi connectivity index (χ0) is 13.7. The van der Waals surface area contributed by atoms with Crippen LogP contribution in [-0.2, 0) is 6.54 Å². The number of likely N-dealkylation sites (N-methyl/N-ethyl adjacent to an activating group) is 1. The van der Waals surface area contributed by atoms with E-state index < -0.39 is 0 Å². The molecule has 1 N–H and O–H groups in total. The quantitative estimate of drug-likeness (QED) is 0.874. The van der Waals surface area contributed by atoms with Crippen molar-refractivity contribution in [3.63, 3.8) is 0 Å². The zero-order valence-corrected chi connectivity index (χ0v) is 12.7. The number of benzene rings is 1. The summed E-state index contributed by atoms with van der Waals surface area (Å²) in [7, 11) is 2.24. The van der Waals surface area contributed by atoms with Gasteiger partial charge in [0.05, 0.1) is 0 Å². The molecule has 1 saturated heterocycles. The summed E-state index contributed by atoms with van der Waals surface area (Å²) in [5.74, 6) is 0.929. The summed E-state index contributed by atoms with van der Waals surface area (Å²) < 4.78 is 0. The van der Waals surface area contributed by atoms with Gasteiger partial charge in [0.2, 0.25) is 0 Å². The first-order valence-electron chi connectivity index (χ1n) is 7.65. The number of hydrogen-bond donors (Lipinski definition) is 1. The minimum atomic E-state index is 0.675. The molecule has 2 rings (SSSR count). The molecule has 1 fully saturated rings. The summed E-state index contributed by atoms with van der Waals surface area (Å²) in [6, 6.07) is 9.52. The first kappa shape index (κ1) is 14.5. The van der Waals surface area contributed by atoms with Crippen molar-refractivity contribution >= 4 is 0 Å². The molecule has 1 aromatic carbocycles. The van der Waals surface area contributed by atoms with Crippen LogP contribution in [0.5, 0.6) is 0 Å². The van der Waals surface area contributed by atoms with Crippen LogP contribution in [-0.4, -0.2) is 31.1 Å². The van der Waals surface area contributed by atoms with Gasteiger partial charge in [-0.3, -0.25) is 0 Å². The predicted octanol–water partition coefficient (Wildman–Crippen LogP) is 3.21. The van der Waals surface area contributed by atoms with E-state index in [0.717, 1.165) is 19.0 Å². The zero-order valence-electron chi connectivity index (χ0n) is 12.7. The third-order valence-corrected chi connectivity index (χ3v) is 4.25. The lowest BCUT2D eigenvalue weighted by atomic mass is 9.90. The molecule has 0 bridgehead atoms. The molecule has 0 amide bonds. The standard InChI is InChI=1S/C17H28N2/c1-4-15-8-9-18-17(11-15)13-19(3)12-16-7-5-6-14(2)10-16/h5-7,10,15,17-18H,4,8-9,11-13H2,1-3H3. The molecule has 1 aromatic rings. The third-order valence-electron chi connectivity index (χ3n) is 4.25. The Morgan fingerprint density at radius 2 is 2.21 bits per heavy atom. The van der Waals surface area contributed by atoms with Crippen LogP contribution in [0.15, 0.2) is 24.3 Å². The van der Waals surface area contributed by atoms with E-state index in [0.29, 0.717) is 6.04 Å². The molecule has 0 radical (unpaired) electrons. The van der Waals surface area contributed by atoms with E-state index in [1.807, 2.05) is 0 Å². The fourth-order valence-corrected chi connectivity index (χ4v) is 3.17. The molecular formula is C17H28N2. The van der Waals surface area contributed by atoms with Crippen molar-refractivity contribution in [2.75, 3.05) is 20.1 Å². The van der Waals surface area contributed by atoms with Crippen molar-refractivity contribution < 1.29 is 0 Å². The molecule has 19 heavy (non-hydrogen) atoms. The number of aryl methyl sites for hydroxylation is 1. The average molecular weight is 260 g/mol. The molecule has 0 aromatic heterocycles. The molecule has 2 atom stereocenters. The van der Waals surface area contributed by atoms with Crippen LogP contribution in [0, 0.1) is 12.8 Å². The van der Waals surface area contributed by atoms with E-state index in [-0.39, 0.29) is 0 Å². The summed E-state index contributed by atoms with van der Waals surface area (Å²) in [6.07, 6.45) is 4.03. The lowest BCUT2D eigenvalue weighted by Crippen LogP contribution is -2.44. The van der Waals surface area contributed by atoms with Gasteiger partial charge in [-0.15, -0.1) is 0 Å². The van der Waals surface area contributed by atoms with Crippen molar-refractivity contribution in [3.8, 4) is 0 Å². The highest BCUT2D eigenvalue weighted by Gasteiger charge is 2.21. The van der Waals surface area contributed by atoms with Gasteiger partial charge >= 0.3 is 0 Å². The number of hydrogen-bond acceptors (Lipinski definition) is 2. The van der Waals surface area contributed by atoms with Crippen molar-refractivity contribution in [1.29, 1.82) is 0 Å². The number of nitrogens with zero attached hydrogens (tertiary/aromatic N) is 1. The lowest BCUT2D eigenvalue weighted by molar-refractivity contribution is 0.220. The van der Waals surface area contributed by atoms with Gasteiger partial charge in [0.15, 0.2) is 0 Å². The first-order valence-corrected chi connectivity index (χ1v) is 7.65. The van der Waals surface area contributed by atoms with E-state index in [1.54, 1.807) is 0 Å². The van der Waals surface area contributed by atoms with Gasteiger partial charge in [0, 0.05) is 19.1 Å². The number of piperidine rings is 1.